The lowest BCUT2D eigenvalue weighted by atomic mass is 9.92. The van der Waals surface area contributed by atoms with E-state index in [1.54, 1.807) is 25.1 Å². The van der Waals surface area contributed by atoms with Crippen molar-refractivity contribution in [1.29, 1.82) is 0 Å². The van der Waals surface area contributed by atoms with Crippen LogP contribution in [0.25, 0.3) is 0 Å². The predicted octanol–water partition coefficient (Wildman–Crippen LogP) is 2.46. The Morgan fingerprint density at radius 1 is 1.15 bits per heavy atom. The number of nitrogens with one attached hydrogen (secondary N) is 1. The zero-order valence-electron chi connectivity index (χ0n) is 11.1. The van der Waals surface area contributed by atoms with Gasteiger partial charge in [0.05, 0.1) is 17.7 Å². The highest BCUT2D eigenvalue weighted by molar-refractivity contribution is 5.95. The molecule has 0 aliphatic carbocycles. The molecule has 0 fully saturated rings. The molecule has 0 aromatic heterocycles. The van der Waals surface area contributed by atoms with Gasteiger partial charge in [-0.05, 0) is 24.6 Å². The van der Waals surface area contributed by atoms with Gasteiger partial charge in [-0.2, -0.15) is 0 Å². The molecule has 20 heavy (non-hydrogen) atoms. The Balaban J connectivity index is 2.27. The van der Waals surface area contributed by atoms with Crippen molar-refractivity contribution in [1.82, 2.24) is 5.32 Å². The largest absolute Gasteiger partial charge is 0.394 e. The van der Waals surface area contributed by atoms with E-state index in [9.17, 15) is 14.3 Å². The van der Waals surface area contributed by atoms with Crippen molar-refractivity contribution >= 4 is 5.91 Å². The molecule has 0 aliphatic rings. The third kappa shape index (κ3) is 2.86. The molecule has 0 bridgehead atoms. The number of aliphatic hydroxyl groups is 1. The summed E-state index contributed by atoms with van der Waals surface area (Å²) in [6, 6.07) is 14.8. The van der Waals surface area contributed by atoms with Crippen LogP contribution < -0.4 is 5.32 Å². The molecule has 3 nitrogen and oxygen atoms in total. The van der Waals surface area contributed by atoms with Crippen molar-refractivity contribution < 1.29 is 14.3 Å². The lowest BCUT2D eigenvalue weighted by Crippen LogP contribution is -2.46. The molecule has 0 saturated carbocycles. The van der Waals surface area contributed by atoms with Crippen molar-refractivity contribution in [2.45, 2.75) is 12.5 Å². The van der Waals surface area contributed by atoms with E-state index in [2.05, 4.69) is 5.32 Å². The van der Waals surface area contributed by atoms with Gasteiger partial charge in [-0.3, -0.25) is 4.79 Å². The maximum atomic E-state index is 13.6. The van der Waals surface area contributed by atoms with Gasteiger partial charge in [0, 0.05) is 0 Å². The Hall–Kier alpha value is -2.20. The van der Waals surface area contributed by atoms with Crippen LogP contribution in [0.4, 0.5) is 4.39 Å². The summed E-state index contributed by atoms with van der Waals surface area (Å²) in [5.41, 5.74) is -0.240. The zero-order valence-corrected chi connectivity index (χ0v) is 11.1. The number of amides is 1. The molecule has 1 atom stereocenters. The molecule has 2 rings (SSSR count). The number of carbonyl (C=O) groups is 1. The summed E-state index contributed by atoms with van der Waals surface area (Å²) in [5, 5.41) is 12.3. The van der Waals surface area contributed by atoms with E-state index in [4.69, 9.17) is 0 Å². The standard InChI is InChI=1S/C16H16FNO2/c1-16(11-19,12-7-3-2-4-8-12)18-15(20)13-9-5-6-10-14(13)17/h2-10,19H,11H2,1H3,(H,18,20). The molecule has 2 aromatic carbocycles. The van der Waals surface area contributed by atoms with E-state index in [0.29, 0.717) is 0 Å². The van der Waals surface area contributed by atoms with Crippen LogP contribution in [0.1, 0.15) is 22.8 Å². The highest BCUT2D eigenvalue weighted by Gasteiger charge is 2.28. The highest BCUT2D eigenvalue weighted by Crippen LogP contribution is 2.21. The molecule has 0 saturated heterocycles. The van der Waals surface area contributed by atoms with Crippen LogP contribution in [-0.4, -0.2) is 17.6 Å². The number of aliphatic hydroxyl groups excluding tert-OH is 1. The summed E-state index contributed by atoms with van der Waals surface area (Å²) < 4.78 is 13.6. The summed E-state index contributed by atoms with van der Waals surface area (Å²) >= 11 is 0. The molecular weight excluding hydrogens is 257 g/mol. The minimum atomic E-state index is -0.958. The van der Waals surface area contributed by atoms with Crippen molar-refractivity contribution in [3.8, 4) is 0 Å². The van der Waals surface area contributed by atoms with Gasteiger partial charge in [-0.1, -0.05) is 42.5 Å². The highest BCUT2D eigenvalue weighted by atomic mass is 19.1. The van der Waals surface area contributed by atoms with E-state index >= 15 is 0 Å². The van der Waals surface area contributed by atoms with Gasteiger partial charge >= 0.3 is 0 Å². The van der Waals surface area contributed by atoms with Gasteiger partial charge < -0.3 is 10.4 Å². The lowest BCUT2D eigenvalue weighted by molar-refractivity contribution is 0.0845. The number of hydrogen-bond donors (Lipinski definition) is 2. The van der Waals surface area contributed by atoms with E-state index in [1.165, 1.54) is 18.2 Å². The number of hydrogen-bond acceptors (Lipinski definition) is 2. The minimum absolute atomic E-state index is 0.0388. The molecule has 104 valence electrons. The third-order valence-electron chi connectivity index (χ3n) is 3.24. The fraction of sp³-hybridized carbons (Fsp3) is 0.188. The van der Waals surface area contributed by atoms with Crippen LogP contribution in [0.15, 0.2) is 54.6 Å². The number of benzene rings is 2. The van der Waals surface area contributed by atoms with E-state index in [1.807, 2.05) is 18.2 Å². The van der Waals surface area contributed by atoms with Gasteiger partial charge in [0.1, 0.15) is 5.82 Å². The monoisotopic (exact) mass is 273 g/mol. The fourth-order valence-electron chi connectivity index (χ4n) is 1.97. The average molecular weight is 273 g/mol. The number of carbonyl (C=O) groups excluding carboxylic acids is 1. The molecule has 0 heterocycles. The first kappa shape index (κ1) is 14.2. The summed E-state index contributed by atoms with van der Waals surface area (Å²) in [6.45, 7) is 1.41. The molecule has 4 heteroatoms. The number of halogens is 1. The van der Waals surface area contributed by atoms with Crippen molar-refractivity contribution in [2.75, 3.05) is 6.61 Å². The smallest absolute Gasteiger partial charge is 0.255 e. The molecule has 0 spiro atoms. The topological polar surface area (TPSA) is 49.3 Å². The maximum Gasteiger partial charge on any atom is 0.255 e. The first-order valence-corrected chi connectivity index (χ1v) is 6.30. The Labute approximate surface area is 117 Å². The molecule has 0 aliphatic heterocycles. The molecule has 2 N–H and O–H groups in total. The Morgan fingerprint density at radius 2 is 1.75 bits per heavy atom. The minimum Gasteiger partial charge on any atom is -0.394 e. The summed E-state index contributed by atoms with van der Waals surface area (Å²) in [7, 11) is 0. The van der Waals surface area contributed by atoms with Gasteiger partial charge in [-0.15, -0.1) is 0 Å². The van der Waals surface area contributed by atoms with Crippen LogP contribution >= 0.6 is 0 Å². The van der Waals surface area contributed by atoms with Crippen molar-refractivity contribution in [3.05, 3.63) is 71.5 Å². The van der Waals surface area contributed by atoms with Gasteiger partial charge in [0.15, 0.2) is 0 Å². The Morgan fingerprint density at radius 3 is 2.35 bits per heavy atom. The van der Waals surface area contributed by atoms with Gasteiger partial charge in [0.2, 0.25) is 0 Å². The van der Waals surface area contributed by atoms with Crippen LogP contribution in [0.2, 0.25) is 0 Å². The molecule has 1 amide bonds. The normalized spacial score (nSPS) is 13.6. The van der Waals surface area contributed by atoms with Gasteiger partial charge in [-0.25, -0.2) is 4.39 Å². The van der Waals surface area contributed by atoms with Crippen molar-refractivity contribution in [2.24, 2.45) is 0 Å². The fourth-order valence-corrected chi connectivity index (χ4v) is 1.97. The Kier molecular flexibility index (Phi) is 4.15. The van der Waals surface area contributed by atoms with E-state index < -0.39 is 17.3 Å². The lowest BCUT2D eigenvalue weighted by Gasteiger charge is -2.29. The Bertz CT molecular complexity index is 600. The molecule has 1 unspecified atom stereocenters. The average Bonchev–Trinajstić information content (AvgIpc) is 2.48. The van der Waals surface area contributed by atoms with Crippen LogP contribution in [-0.2, 0) is 5.54 Å². The van der Waals surface area contributed by atoms with Crippen LogP contribution in [0.3, 0.4) is 0 Å². The maximum absolute atomic E-state index is 13.6. The first-order valence-electron chi connectivity index (χ1n) is 6.30. The summed E-state index contributed by atoms with van der Waals surface area (Å²) in [6.07, 6.45) is 0. The molecule has 2 aromatic rings. The quantitative estimate of drug-likeness (QED) is 0.899. The van der Waals surface area contributed by atoms with E-state index in [-0.39, 0.29) is 12.2 Å². The predicted molar refractivity (Wildman–Crippen MR) is 74.7 cm³/mol. The third-order valence-corrected chi connectivity index (χ3v) is 3.24. The summed E-state index contributed by atoms with van der Waals surface area (Å²) in [4.78, 5) is 12.2. The van der Waals surface area contributed by atoms with Crippen LogP contribution in [0.5, 0.6) is 0 Å². The second-order valence-electron chi connectivity index (χ2n) is 4.79. The second kappa shape index (κ2) is 5.84. The van der Waals surface area contributed by atoms with Crippen molar-refractivity contribution in [3.63, 3.8) is 0 Å². The number of rotatable bonds is 4. The molecule has 0 radical (unpaired) electrons. The zero-order chi connectivity index (χ0) is 14.6. The first-order chi connectivity index (χ1) is 9.57. The SMILES string of the molecule is CC(CO)(NC(=O)c1ccccc1F)c1ccccc1. The summed E-state index contributed by atoms with van der Waals surface area (Å²) in [5.74, 6) is -1.14. The van der Waals surface area contributed by atoms with Gasteiger partial charge in [0.25, 0.3) is 5.91 Å². The molecular formula is C16H16FNO2. The second-order valence-corrected chi connectivity index (χ2v) is 4.79. The van der Waals surface area contributed by atoms with Crippen LogP contribution in [0, 0.1) is 5.82 Å². The van der Waals surface area contributed by atoms with E-state index in [0.717, 1.165) is 5.56 Å².